The van der Waals surface area contributed by atoms with Crippen molar-refractivity contribution in [2.45, 2.75) is 24.9 Å². The Hall–Kier alpha value is -2.85. The summed E-state index contributed by atoms with van der Waals surface area (Å²) in [5.41, 5.74) is -7.04. The number of esters is 1. The van der Waals surface area contributed by atoms with Crippen LogP contribution in [0.5, 0.6) is 11.6 Å². The van der Waals surface area contributed by atoms with Gasteiger partial charge >= 0.3 is 24.0 Å². The van der Waals surface area contributed by atoms with E-state index in [4.69, 9.17) is 9.47 Å². The van der Waals surface area contributed by atoms with Gasteiger partial charge in [0.1, 0.15) is 5.75 Å². The Balaban J connectivity index is 2.22. The van der Waals surface area contributed by atoms with Crippen LogP contribution >= 0.6 is 0 Å². The van der Waals surface area contributed by atoms with E-state index < -0.39 is 29.6 Å². The van der Waals surface area contributed by atoms with Gasteiger partial charge in [0.05, 0.1) is 12.2 Å². The number of carbonyl (C=O) groups is 1. The lowest BCUT2D eigenvalue weighted by Gasteiger charge is -2.30. The number of benzene rings is 1. The zero-order valence-corrected chi connectivity index (χ0v) is 14.1. The highest BCUT2D eigenvalue weighted by Gasteiger charge is 2.73. The van der Waals surface area contributed by atoms with Crippen LogP contribution in [0.1, 0.15) is 22.8 Å². The van der Waals surface area contributed by atoms with Crippen LogP contribution in [0.4, 0.5) is 30.7 Å². The van der Waals surface area contributed by atoms with E-state index in [1.54, 1.807) is 6.92 Å². The molecule has 0 saturated carbocycles. The molecule has 2 aromatic rings. The molecule has 2 rings (SSSR count). The van der Waals surface area contributed by atoms with Gasteiger partial charge in [-0.3, -0.25) is 0 Å². The lowest BCUT2D eigenvalue weighted by molar-refractivity contribution is -0.348. The maximum Gasteiger partial charge on any atom is 0.435 e. The number of carbonyl (C=O) groups excluding carboxylic acids is 1. The first-order valence-electron chi connectivity index (χ1n) is 7.64. The van der Waals surface area contributed by atoms with Gasteiger partial charge in [-0.15, -0.1) is 0 Å². The van der Waals surface area contributed by atoms with E-state index in [1.165, 1.54) is 12.1 Å². The summed E-state index contributed by atoms with van der Waals surface area (Å²) in [4.78, 5) is 15.3. The molecule has 152 valence electrons. The molecule has 28 heavy (non-hydrogen) atoms. The van der Waals surface area contributed by atoms with Crippen molar-refractivity contribution >= 4 is 5.97 Å². The maximum absolute atomic E-state index is 13.9. The predicted molar refractivity (Wildman–Crippen MR) is 81.6 cm³/mol. The molecule has 1 aromatic heterocycles. The van der Waals surface area contributed by atoms with Crippen LogP contribution in [0.2, 0.25) is 0 Å². The minimum atomic E-state index is -6.20. The summed E-state index contributed by atoms with van der Waals surface area (Å²) >= 11 is 0. The first-order chi connectivity index (χ1) is 12.9. The highest BCUT2D eigenvalue weighted by Crippen LogP contribution is 2.53. The summed E-state index contributed by atoms with van der Waals surface area (Å²) in [6.07, 6.45) is -11.3. The van der Waals surface area contributed by atoms with Gasteiger partial charge in [0.25, 0.3) is 0 Å². The molecule has 0 fully saturated rings. The van der Waals surface area contributed by atoms with Crippen LogP contribution in [0, 0.1) is 0 Å². The Bertz CT molecular complexity index is 801. The van der Waals surface area contributed by atoms with Gasteiger partial charge in [-0.05, 0) is 25.1 Å². The largest absolute Gasteiger partial charge is 0.462 e. The Labute approximate surface area is 153 Å². The van der Waals surface area contributed by atoms with E-state index in [9.17, 15) is 35.5 Å². The molecular formula is C17H12F7NO3. The molecule has 11 heteroatoms. The molecular weight excluding hydrogens is 399 g/mol. The molecule has 0 aliphatic heterocycles. The first-order valence-corrected chi connectivity index (χ1v) is 7.64. The van der Waals surface area contributed by atoms with Crippen LogP contribution in [0.25, 0.3) is 0 Å². The molecule has 0 unspecified atom stereocenters. The second-order valence-corrected chi connectivity index (χ2v) is 5.39. The lowest BCUT2D eigenvalue weighted by Crippen LogP contribution is -2.50. The molecule has 0 amide bonds. The third-order valence-electron chi connectivity index (χ3n) is 3.50. The molecule has 0 atom stereocenters. The summed E-state index contributed by atoms with van der Waals surface area (Å²) in [7, 11) is 0. The highest BCUT2D eigenvalue weighted by molar-refractivity contribution is 5.89. The van der Waals surface area contributed by atoms with E-state index in [2.05, 4.69) is 4.98 Å². The van der Waals surface area contributed by atoms with Crippen LogP contribution in [-0.4, -0.2) is 29.9 Å². The Morgan fingerprint density at radius 3 is 1.93 bits per heavy atom. The van der Waals surface area contributed by atoms with Gasteiger partial charge in [-0.2, -0.15) is 26.3 Å². The van der Waals surface area contributed by atoms with Crippen molar-refractivity contribution < 1.29 is 45.0 Å². The third kappa shape index (κ3) is 4.18. The van der Waals surface area contributed by atoms with Gasteiger partial charge < -0.3 is 9.47 Å². The number of alkyl halides is 7. The second-order valence-electron chi connectivity index (χ2n) is 5.39. The molecule has 0 spiro atoms. The first kappa shape index (κ1) is 21.5. The Morgan fingerprint density at radius 1 is 0.929 bits per heavy atom. The van der Waals surface area contributed by atoms with E-state index in [1.807, 2.05) is 0 Å². The maximum atomic E-state index is 13.9. The number of pyridine rings is 1. The van der Waals surface area contributed by atoms with Gasteiger partial charge in [-0.1, -0.05) is 12.1 Å². The molecule has 0 saturated heterocycles. The van der Waals surface area contributed by atoms with Crippen molar-refractivity contribution in [2.75, 3.05) is 6.61 Å². The molecule has 0 aliphatic carbocycles. The fourth-order valence-electron chi connectivity index (χ4n) is 2.14. The van der Waals surface area contributed by atoms with Gasteiger partial charge in [0, 0.05) is 17.8 Å². The van der Waals surface area contributed by atoms with Crippen molar-refractivity contribution in [3.8, 4) is 11.6 Å². The SMILES string of the molecule is CCOC(=O)c1ccc(Oc2ccc(C(F)(C(F)(F)F)C(F)(F)F)cc2)nc1. The predicted octanol–water partition coefficient (Wildman–Crippen LogP) is 5.34. The minimum Gasteiger partial charge on any atom is -0.462 e. The molecule has 0 aliphatic rings. The number of halogens is 7. The van der Waals surface area contributed by atoms with Crippen LogP contribution in [0.3, 0.4) is 0 Å². The second kappa shape index (κ2) is 7.64. The number of rotatable bonds is 5. The van der Waals surface area contributed by atoms with Gasteiger partial charge in [0.2, 0.25) is 5.88 Å². The zero-order valence-electron chi connectivity index (χ0n) is 14.1. The van der Waals surface area contributed by atoms with Crippen LogP contribution in [0.15, 0.2) is 42.6 Å². The van der Waals surface area contributed by atoms with Crippen LogP contribution in [-0.2, 0) is 10.4 Å². The quantitative estimate of drug-likeness (QED) is 0.492. The highest BCUT2D eigenvalue weighted by atomic mass is 19.4. The summed E-state index contributed by atoms with van der Waals surface area (Å²) < 4.78 is 100. The molecule has 1 aromatic carbocycles. The van der Waals surface area contributed by atoms with E-state index >= 15 is 0 Å². The number of ether oxygens (including phenoxy) is 2. The van der Waals surface area contributed by atoms with Crippen LogP contribution < -0.4 is 4.74 Å². The van der Waals surface area contributed by atoms with Gasteiger partial charge in [-0.25, -0.2) is 14.2 Å². The van der Waals surface area contributed by atoms with Crippen molar-refractivity contribution in [3.05, 3.63) is 53.7 Å². The Morgan fingerprint density at radius 2 is 1.50 bits per heavy atom. The smallest absolute Gasteiger partial charge is 0.435 e. The fourth-order valence-corrected chi connectivity index (χ4v) is 2.14. The topological polar surface area (TPSA) is 48.4 Å². The summed E-state index contributed by atoms with van der Waals surface area (Å²) in [6.45, 7) is 1.76. The molecule has 0 N–H and O–H groups in total. The summed E-state index contributed by atoms with van der Waals surface area (Å²) in [5, 5.41) is 0. The minimum absolute atomic E-state index is 0.0982. The van der Waals surface area contributed by atoms with Crippen molar-refractivity contribution in [2.24, 2.45) is 0 Å². The number of hydrogen-bond acceptors (Lipinski definition) is 4. The zero-order chi connectivity index (χ0) is 21.2. The number of aromatic nitrogens is 1. The lowest BCUT2D eigenvalue weighted by atomic mass is 9.94. The summed E-state index contributed by atoms with van der Waals surface area (Å²) in [5.74, 6) is -0.921. The molecule has 4 nitrogen and oxygen atoms in total. The van der Waals surface area contributed by atoms with Crippen molar-refractivity contribution in [3.63, 3.8) is 0 Å². The average Bonchev–Trinajstić information content (AvgIpc) is 2.60. The van der Waals surface area contributed by atoms with Crippen molar-refractivity contribution in [1.29, 1.82) is 0 Å². The average molecular weight is 411 g/mol. The fraction of sp³-hybridized carbons (Fsp3) is 0.294. The standard InChI is InChI=1S/C17H12F7NO3/c1-2-27-14(26)10-3-8-13(25-9-10)28-12-6-4-11(5-7-12)15(18,16(19,20)21)17(22,23)24/h3-9H,2H2,1H3. The number of hydrogen-bond donors (Lipinski definition) is 0. The monoisotopic (exact) mass is 411 g/mol. The molecule has 0 radical (unpaired) electrons. The van der Waals surface area contributed by atoms with E-state index in [0.29, 0.717) is 12.1 Å². The van der Waals surface area contributed by atoms with E-state index in [-0.39, 0.29) is 23.8 Å². The molecule has 1 heterocycles. The Kier molecular flexibility index (Phi) is 5.86. The third-order valence-corrected chi connectivity index (χ3v) is 3.50. The summed E-state index contributed by atoms with van der Waals surface area (Å²) in [6, 6.07) is 4.66. The van der Waals surface area contributed by atoms with Crippen molar-refractivity contribution in [1.82, 2.24) is 4.98 Å². The molecule has 0 bridgehead atoms. The number of nitrogens with zero attached hydrogens (tertiary/aromatic N) is 1. The normalized spacial score (nSPS) is 12.6. The van der Waals surface area contributed by atoms with Gasteiger partial charge in [0.15, 0.2) is 0 Å². The van der Waals surface area contributed by atoms with E-state index in [0.717, 1.165) is 18.3 Å².